The van der Waals surface area contributed by atoms with Crippen LogP contribution < -0.4 is 11.1 Å². The standard InChI is InChI=1S/C26H23F3N6O/c1-35-14-21(26(27,28)29)33-25(35)16-10-8-15(9-11-16)13-31-24-19-6-3-7-20(19)32-23(34-24)18-5-2-4-17(12-18)22(30)36/h2,4-5,8-12,14H,3,6-7,13H2,1H3,(H2,30,36)(H,31,32,34). The molecule has 184 valence electrons. The van der Waals surface area contributed by atoms with E-state index in [9.17, 15) is 18.0 Å². The first kappa shape index (κ1) is 23.5. The van der Waals surface area contributed by atoms with E-state index in [0.29, 0.717) is 29.1 Å². The molecule has 0 fully saturated rings. The molecule has 1 aliphatic rings. The zero-order chi connectivity index (χ0) is 25.4. The van der Waals surface area contributed by atoms with Gasteiger partial charge in [-0.05, 0) is 37.0 Å². The molecular weight excluding hydrogens is 469 g/mol. The average Bonchev–Trinajstić information content (AvgIpc) is 3.49. The topological polar surface area (TPSA) is 98.7 Å². The molecule has 2 heterocycles. The summed E-state index contributed by atoms with van der Waals surface area (Å²) in [7, 11) is 1.54. The van der Waals surface area contributed by atoms with E-state index < -0.39 is 17.8 Å². The molecule has 0 aliphatic heterocycles. The van der Waals surface area contributed by atoms with Crippen LogP contribution in [0.4, 0.5) is 19.0 Å². The summed E-state index contributed by atoms with van der Waals surface area (Å²) in [6, 6.07) is 14.1. The normalized spacial score (nSPS) is 13.0. The first-order valence-electron chi connectivity index (χ1n) is 11.4. The monoisotopic (exact) mass is 492 g/mol. The molecule has 3 N–H and O–H groups in total. The average molecular weight is 493 g/mol. The van der Waals surface area contributed by atoms with E-state index in [-0.39, 0.29) is 5.82 Å². The van der Waals surface area contributed by atoms with E-state index in [4.69, 9.17) is 15.7 Å². The summed E-state index contributed by atoms with van der Waals surface area (Å²) in [5.41, 5.74) is 9.20. The Labute approximate surface area is 205 Å². The summed E-state index contributed by atoms with van der Waals surface area (Å²) in [6.45, 7) is 0.471. The van der Waals surface area contributed by atoms with Crippen LogP contribution in [0.2, 0.25) is 0 Å². The van der Waals surface area contributed by atoms with Crippen LogP contribution in [-0.2, 0) is 32.6 Å². The largest absolute Gasteiger partial charge is 0.434 e. The number of aromatic nitrogens is 4. The minimum absolute atomic E-state index is 0.248. The number of imidazole rings is 1. The summed E-state index contributed by atoms with van der Waals surface area (Å²) >= 11 is 0. The maximum absolute atomic E-state index is 13.0. The third kappa shape index (κ3) is 4.66. The van der Waals surface area contributed by atoms with Crippen molar-refractivity contribution < 1.29 is 18.0 Å². The van der Waals surface area contributed by atoms with Gasteiger partial charge in [0.25, 0.3) is 0 Å². The number of amides is 1. The molecule has 0 saturated carbocycles. The fourth-order valence-corrected chi connectivity index (χ4v) is 4.35. The number of rotatable bonds is 6. The first-order chi connectivity index (χ1) is 17.2. The highest BCUT2D eigenvalue weighted by Crippen LogP contribution is 2.32. The van der Waals surface area contributed by atoms with Crippen molar-refractivity contribution >= 4 is 11.7 Å². The van der Waals surface area contributed by atoms with Gasteiger partial charge in [0.05, 0.1) is 0 Å². The summed E-state index contributed by atoms with van der Waals surface area (Å²) in [5.74, 6) is 0.991. The lowest BCUT2D eigenvalue weighted by atomic mass is 10.1. The molecule has 10 heteroatoms. The van der Waals surface area contributed by atoms with Crippen molar-refractivity contribution in [2.24, 2.45) is 12.8 Å². The Morgan fingerprint density at radius 3 is 2.53 bits per heavy atom. The van der Waals surface area contributed by atoms with Crippen LogP contribution >= 0.6 is 0 Å². The Hall–Kier alpha value is -4.21. The Kier molecular flexibility index (Phi) is 5.95. The third-order valence-electron chi connectivity index (χ3n) is 6.18. The second-order valence-electron chi connectivity index (χ2n) is 8.73. The number of nitrogens with one attached hydrogen (secondary N) is 1. The molecule has 0 bridgehead atoms. The van der Waals surface area contributed by atoms with E-state index in [1.165, 1.54) is 4.57 Å². The van der Waals surface area contributed by atoms with Gasteiger partial charge in [0.2, 0.25) is 5.91 Å². The lowest BCUT2D eigenvalue weighted by Gasteiger charge is -2.13. The number of halogens is 3. The van der Waals surface area contributed by atoms with Crippen molar-refractivity contribution in [1.82, 2.24) is 19.5 Å². The van der Waals surface area contributed by atoms with Gasteiger partial charge in [-0.1, -0.05) is 36.4 Å². The van der Waals surface area contributed by atoms with Gasteiger partial charge in [-0.3, -0.25) is 4.79 Å². The molecular formula is C26H23F3N6O. The van der Waals surface area contributed by atoms with Crippen molar-refractivity contribution in [2.45, 2.75) is 32.0 Å². The zero-order valence-corrected chi connectivity index (χ0v) is 19.4. The lowest BCUT2D eigenvalue weighted by Crippen LogP contribution is -2.11. The van der Waals surface area contributed by atoms with Gasteiger partial charge in [0, 0.05) is 47.7 Å². The number of alkyl halides is 3. The first-order valence-corrected chi connectivity index (χ1v) is 11.4. The summed E-state index contributed by atoms with van der Waals surface area (Å²) < 4.78 is 40.4. The van der Waals surface area contributed by atoms with Crippen LogP contribution in [0, 0.1) is 0 Å². The Morgan fingerprint density at radius 2 is 1.83 bits per heavy atom. The van der Waals surface area contributed by atoms with Crippen LogP contribution in [0.3, 0.4) is 0 Å². The minimum Gasteiger partial charge on any atom is -0.366 e. The number of primary amides is 1. The molecule has 0 spiro atoms. The number of aryl methyl sites for hydroxylation is 2. The molecule has 1 aliphatic carbocycles. The second kappa shape index (κ2) is 9.10. The molecule has 36 heavy (non-hydrogen) atoms. The maximum Gasteiger partial charge on any atom is 0.434 e. The number of nitrogens with two attached hydrogens (primary N) is 1. The van der Waals surface area contributed by atoms with E-state index in [1.807, 2.05) is 18.2 Å². The van der Waals surface area contributed by atoms with Gasteiger partial charge in [-0.2, -0.15) is 13.2 Å². The number of hydrogen-bond acceptors (Lipinski definition) is 5. The number of nitrogens with zero attached hydrogens (tertiary/aromatic N) is 4. The molecule has 0 saturated heterocycles. The fraction of sp³-hybridized carbons (Fsp3) is 0.231. The molecule has 0 unspecified atom stereocenters. The molecule has 2 aromatic carbocycles. The molecule has 2 aromatic heterocycles. The number of anilines is 1. The van der Waals surface area contributed by atoms with E-state index >= 15 is 0 Å². The number of carbonyl (C=O) groups excluding carboxylic acids is 1. The molecule has 0 radical (unpaired) electrons. The summed E-state index contributed by atoms with van der Waals surface area (Å²) in [6.07, 6.45) is -0.789. The number of carbonyl (C=O) groups is 1. The molecule has 0 atom stereocenters. The summed E-state index contributed by atoms with van der Waals surface area (Å²) in [4.78, 5) is 24.8. The summed E-state index contributed by atoms with van der Waals surface area (Å²) in [5, 5.41) is 3.39. The highest BCUT2D eigenvalue weighted by molar-refractivity contribution is 5.93. The molecule has 7 nitrogen and oxygen atoms in total. The molecule has 5 rings (SSSR count). The Morgan fingerprint density at radius 1 is 1.06 bits per heavy atom. The third-order valence-corrected chi connectivity index (χ3v) is 6.18. The maximum atomic E-state index is 13.0. The van der Waals surface area contributed by atoms with Crippen LogP contribution in [0.25, 0.3) is 22.8 Å². The van der Waals surface area contributed by atoms with Crippen LogP contribution in [-0.4, -0.2) is 25.4 Å². The van der Waals surface area contributed by atoms with Crippen molar-refractivity contribution in [2.75, 3.05) is 5.32 Å². The Bertz CT molecular complexity index is 1440. The van der Waals surface area contributed by atoms with Crippen LogP contribution in [0.15, 0.2) is 54.7 Å². The Balaban J connectivity index is 1.37. The highest BCUT2D eigenvalue weighted by Gasteiger charge is 2.34. The van der Waals surface area contributed by atoms with E-state index in [1.54, 1.807) is 37.4 Å². The minimum atomic E-state index is -4.49. The SMILES string of the molecule is Cn1cc(C(F)(F)F)nc1-c1ccc(CNc2nc(-c3cccc(C(N)=O)c3)nc3c2CCC3)cc1. The van der Waals surface area contributed by atoms with Crippen LogP contribution in [0.1, 0.15) is 39.3 Å². The predicted octanol–water partition coefficient (Wildman–Crippen LogP) is 4.76. The van der Waals surface area contributed by atoms with Crippen molar-refractivity contribution in [3.05, 3.63) is 82.8 Å². The van der Waals surface area contributed by atoms with Gasteiger partial charge in [0.1, 0.15) is 11.6 Å². The number of fused-ring (bicyclic) bond motifs is 1. The van der Waals surface area contributed by atoms with Crippen molar-refractivity contribution in [3.63, 3.8) is 0 Å². The lowest BCUT2D eigenvalue weighted by molar-refractivity contribution is -0.140. The van der Waals surface area contributed by atoms with Crippen molar-refractivity contribution in [1.29, 1.82) is 0 Å². The second-order valence-corrected chi connectivity index (χ2v) is 8.73. The van der Waals surface area contributed by atoms with Crippen LogP contribution in [0.5, 0.6) is 0 Å². The van der Waals surface area contributed by atoms with Gasteiger partial charge < -0.3 is 15.6 Å². The molecule has 1 amide bonds. The molecule has 4 aromatic rings. The highest BCUT2D eigenvalue weighted by atomic mass is 19.4. The van der Waals surface area contributed by atoms with Gasteiger partial charge in [0.15, 0.2) is 11.5 Å². The number of hydrogen-bond donors (Lipinski definition) is 2. The predicted molar refractivity (Wildman–Crippen MR) is 129 cm³/mol. The van der Waals surface area contributed by atoms with Crippen molar-refractivity contribution in [3.8, 4) is 22.8 Å². The quantitative estimate of drug-likeness (QED) is 0.404. The van der Waals surface area contributed by atoms with Gasteiger partial charge >= 0.3 is 6.18 Å². The van der Waals surface area contributed by atoms with Gasteiger partial charge in [-0.25, -0.2) is 15.0 Å². The van der Waals surface area contributed by atoms with Gasteiger partial charge in [-0.15, -0.1) is 0 Å². The smallest absolute Gasteiger partial charge is 0.366 e. The van der Waals surface area contributed by atoms with E-state index in [2.05, 4.69) is 10.3 Å². The zero-order valence-electron chi connectivity index (χ0n) is 19.4. The fourth-order valence-electron chi connectivity index (χ4n) is 4.35. The van der Waals surface area contributed by atoms with E-state index in [0.717, 1.165) is 48.1 Å². The number of benzene rings is 2.